The highest BCUT2D eigenvalue weighted by Gasteiger charge is 2.34. The summed E-state index contributed by atoms with van der Waals surface area (Å²) in [5.41, 5.74) is 1.29. The van der Waals surface area contributed by atoms with Gasteiger partial charge in [0.2, 0.25) is 5.91 Å². The molecule has 2 aliphatic heterocycles. The number of benzene rings is 1. The van der Waals surface area contributed by atoms with Gasteiger partial charge in [-0.1, -0.05) is 30.3 Å². The van der Waals surface area contributed by atoms with Crippen LogP contribution in [0.4, 0.5) is 0 Å². The summed E-state index contributed by atoms with van der Waals surface area (Å²) in [6.07, 6.45) is 3.23. The molecule has 0 radical (unpaired) electrons. The molecule has 0 aromatic heterocycles. The van der Waals surface area contributed by atoms with E-state index in [1.807, 2.05) is 6.07 Å². The lowest BCUT2D eigenvalue weighted by atomic mass is 10.0. The first-order valence-corrected chi connectivity index (χ1v) is 6.92. The fourth-order valence-corrected chi connectivity index (χ4v) is 3.15. The number of likely N-dealkylation sites (tertiary alicyclic amines) is 1. The third kappa shape index (κ3) is 2.15. The average Bonchev–Trinajstić information content (AvgIpc) is 3.10. The van der Waals surface area contributed by atoms with Crippen LogP contribution in [-0.2, 0) is 4.79 Å². The molecule has 3 nitrogen and oxygen atoms in total. The summed E-state index contributed by atoms with van der Waals surface area (Å²) in [7, 11) is 0. The molecule has 2 heterocycles. The highest BCUT2D eigenvalue weighted by atomic mass is 16.2. The zero-order valence-corrected chi connectivity index (χ0v) is 10.6. The summed E-state index contributed by atoms with van der Waals surface area (Å²) < 4.78 is 0. The molecule has 2 aliphatic rings. The lowest BCUT2D eigenvalue weighted by Gasteiger charge is -2.27. The number of nitrogens with one attached hydrogen (secondary N) is 1. The van der Waals surface area contributed by atoms with Gasteiger partial charge in [0, 0.05) is 13.1 Å². The minimum Gasteiger partial charge on any atom is -0.335 e. The Balaban J connectivity index is 1.77. The number of hydrogen-bond donors (Lipinski definition) is 1. The Hall–Kier alpha value is -1.35. The minimum atomic E-state index is 0.203. The second-order valence-electron chi connectivity index (χ2n) is 5.29. The molecule has 2 saturated heterocycles. The third-order valence-corrected chi connectivity index (χ3v) is 4.13. The highest BCUT2D eigenvalue weighted by Crippen LogP contribution is 2.33. The van der Waals surface area contributed by atoms with Crippen LogP contribution in [0, 0.1) is 5.92 Å². The second-order valence-corrected chi connectivity index (χ2v) is 5.29. The van der Waals surface area contributed by atoms with Crippen molar-refractivity contribution in [2.75, 3.05) is 19.6 Å². The summed E-state index contributed by atoms with van der Waals surface area (Å²) in [5.74, 6) is 0.556. The second kappa shape index (κ2) is 5.11. The van der Waals surface area contributed by atoms with Crippen molar-refractivity contribution in [3.05, 3.63) is 35.9 Å². The van der Waals surface area contributed by atoms with Gasteiger partial charge in [-0.15, -0.1) is 0 Å². The minimum absolute atomic E-state index is 0.203. The number of carbonyl (C=O) groups excluding carboxylic acids is 1. The molecule has 2 atom stereocenters. The monoisotopic (exact) mass is 244 g/mol. The van der Waals surface area contributed by atoms with Gasteiger partial charge in [-0.2, -0.15) is 0 Å². The molecule has 18 heavy (non-hydrogen) atoms. The van der Waals surface area contributed by atoms with Gasteiger partial charge in [0.25, 0.3) is 0 Å². The quantitative estimate of drug-likeness (QED) is 0.862. The van der Waals surface area contributed by atoms with E-state index in [2.05, 4.69) is 34.5 Å². The van der Waals surface area contributed by atoms with Crippen LogP contribution in [0.2, 0.25) is 0 Å². The Morgan fingerprint density at radius 1 is 1.22 bits per heavy atom. The first kappa shape index (κ1) is 11.7. The van der Waals surface area contributed by atoms with E-state index in [0.717, 1.165) is 38.9 Å². The maximum Gasteiger partial charge on any atom is 0.227 e. The first-order valence-electron chi connectivity index (χ1n) is 6.92. The molecule has 2 unspecified atom stereocenters. The molecule has 3 heteroatoms. The largest absolute Gasteiger partial charge is 0.335 e. The lowest BCUT2D eigenvalue weighted by molar-refractivity contribution is -0.135. The van der Waals surface area contributed by atoms with Crippen LogP contribution in [0.3, 0.4) is 0 Å². The molecule has 0 bridgehead atoms. The average molecular weight is 244 g/mol. The maximum absolute atomic E-state index is 12.5. The van der Waals surface area contributed by atoms with Crippen molar-refractivity contribution in [1.29, 1.82) is 0 Å². The Morgan fingerprint density at radius 3 is 2.78 bits per heavy atom. The van der Waals surface area contributed by atoms with Crippen LogP contribution in [0.5, 0.6) is 0 Å². The van der Waals surface area contributed by atoms with E-state index in [4.69, 9.17) is 0 Å². The maximum atomic E-state index is 12.5. The molecule has 2 fully saturated rings. The Labute approximate surface area is 108 Å². The molecule has 96 valence electrons. The van der Waals surface area contributed by atoms with E-state index in [9.17, 15) is 4.79 Å². The number of hydrogen-bond acceptors (Lipinski definition) is 2. The predicted molar refractivity (Wildman–Crippen MR) is 71.1 cm³/mol. The molecule has 1 amide bonds. The zero-order valence-electron chi connectivity index (χ0n) is 10.6. The molecule has 0 saturated carbocycles. The van der Waals surface area contributed by atoms with E-state index in [0.29, 0.717) is 11.9 Å². The van der Waals surface area contributed by atoms with E-state index >= 15 is 0 Å². The van der Waals surface area contributed by atoms with Crippen molar-refractivity contribution >= 4 is 5.91 Å². The van der Waals surface area contributed by atoms with Crippen molar-refractivity contribution in [3.8, 4) is 0 Å². The Kier molecular flexibility index (Phi) is 3.33. The molecule has 1 aromatic rings. The summed E-state index contributed by atoms with van der Waals surface area (Å²) in [5, 5.41) is 3.28. The van der Waals surface area contributed by atoms with Gasteiger partial charge < -0.3 is 10.2 Å². The molecule has 0 aliphatic carbocycles. The zero-order chi connectivity index (χ0) is 12.4. The van der Waals surface area contributed by atoms with Crippen molar-refractivity contribution in [1.82, 2.24) is 10.2 Å². The van der Waals surface area contributed by atoms with E-state index in [-0.39, 0.29) is 5.92 Å². The summed E-state index contributed by atoms with van der Waals surface area (Å²) in [4.78, 5) is 14.6. The number of carbonyl (C=O) groups is 1. The van der Waals surface area contributed by atoms with Crippen molar-refractivity contribution in [2.24, 2.45) is 5.92 Å². The summed E-state index contributed by atoms with van der Waals surface area (Å²) in [6.45, 7) is 2.77. The molecular formula is C15H20N2O. The van der Waals surface area contributed by atoms with Crippen LogP contribution in [0.25, 0.3) is 0 Å². The fraction of sp³-hybridized carbons (Fsp3) is 0.533. The molecule has 1 N–H and O–H groups in total. The normalized spacial score (nSPS) is 27.7. The Morgan fingerprint density at radius 2 is 2.06 bits per heavy atom. The van der Waals surface area contributed by atoms with Crippen LogP contribution in [0.15, 0.2) is 30.3 Å². The predicted octanol–water partition coefficient (Wildman–Crippen LogP) is 1.96. The van der Waals surface area contributed by atoms with Gasteiger partial charge in [0.05, 0.1) is 12.0 Å². The SMILES string of the molecule is O=C(C1CCNC1)N1CCCC1c1ccccc1. The van der Waals surface area contributed by atoms with Gasteiger partial charge in [-0.05, 0) is 31.4 Å². The number of nitrogens with zero attached hydrogens (tertiary/aromatic N) is 1. The third-order valence-electron chi connectivity index (χ3n) is 4.13. The standard InChI is InChI=1S/C15H20N2O/c18-15(13-8-9-16-11-13)17-10-4-7-14(17)12-5-2-1-3-6-12/h1-3,5-6,13-14,16H,4,7-11H2. The lowest BCUT2D eigenvalue weighted by Crippen LogP contribution is -2.36. The molecule has 0 spiro atoms. The fourth-order valence-electron chi connectivity index (χ4n) is 3.15. The summed E-state index contributed by atoms with van der Waals surface area (Å²) in [6, 6.07) is 10.7. The van der Waals surface area contributed by atoms with Crippen molar-refractivity contribution < 1.29 is 4.79 Å². The summed E-state index contributed by atoms with van der Waals surface area (Å²) >= 11 is 0. The number of amides is 1. The molecular weight excluding hydrogens is 224 g/mol. The van der Waals surface area contributed by atoms with Crippen molar-refractivity contribution in [2.45, 2.75) is 25.3 Å². The van der Waals surface area contributed by atoms with Gasteiger partial charge in [-0.25, -0.2) is 0 Å². The van der Waals surface area contributed by atoms with E-state index < -0.39 is 0 Å². The topological polar surface area (TPSA) is 32.3 Å². The van der Waals surface area contributed by atoms with Crippen LogP contribution < -0.4 is 5.32 Å². The van der Waals surface area contributed by atoms with Crippen molar-refractivity contribution in [3.63, 3.8) is 0 Å². The van der Waals surface area contributed by atoms with Gasteiger partial charge in [0.15, 0.2) is 0 Å². The highest BCUT2D eigenvalue weighted by molar-refractivity contribution is 5.80. The smallest absolute Gasteiger partial charge is 0.227 e. The van der Waals surface area contributed by atoms with Gasteiger partial charge >= 0.3 is 0 Å². The van der Waals surface area contributed by atoms with Crippen LogP contribution in [-0.4, -0.2) is 30.4 Å². The van der Waals surface area contributed by atoms with E-state index in [1.54, 1.807) is 0 Å². The van der Waals surface area contributed by atoms with E-state index in [1.165, 1.54) is 5.56 Å². The van der Waals surface area contributed by atoms with Crippen LogP contribution in [0.1, 0.15) is 30.9 Å². The van der Waals surface area contributed by atoms with Crippen LogP contribution >= 0.6 is 0 Å². The molecule has 3 rings (SSSR count). The first-order chi connectivity index (χ1) is 8.86. The van der Waals surface area contributed by atoms with Gasteiger partial charge in [0.1, 0.15) is 0 Å². The van der Waals surface area contributed by atoms with Gasteiger partial charge in [-0.3, -0.25) is 4.79 Å². The Bertz CT molecular complexity index is 412. The molecule has 1 aromatic carbocycles. The number of rotatable bonds is 2.